The normalized spacial score (nSPS) is 10.2. The largest absolute Gasteiger partial charge is 0.462 e. The molecule has 0 amide bonds. The SMILES string of the molecule is O=C(OCCCS)c1ccc(-c2ccccc2)cc1. The lowest BCUT2D eigenvalue weighted by molar-refractivity contribution is 0.0506. The minimum absolute atomic E-state index is 0.276. The van der Waals surface area contributed by atoms with E-state index in [1.54, 1.807) is 12.1 Å². The van der Waals surface area contributed by atoms with Crippen LogP contribution in [-0.4, -0.2) is 18.3 Å². The van der Waals surface area contributed by atoms with Gasteiger partial charge in [0, 0.05) is 0 Å². The predicted octanol–water partition coefficient (Wildman–Crippen LogP) is 3.83. The van der Waals surface area contributed by atoms with E-state index in [1.165, 1.54) is 0 Å². The molecular weight excluding hydrogens is 256 g/mol. The molecule has 2 rings (SSSR count). The number of rotatable bonds is 5. The monoisotopic (exact) mass is 272 g/mol. The second-order valence-electron chi connectivity index (χ2n) is 4.16. The van der Waals surface area contributed by atoms with Gasteiger partial charge in [0.15, 0.2) is 0 Å². The molecule has 0 aliphatic carbocycles. The highest BCUT2D eigenvalue weighted by molar-refractivity contribution is 7.80. The summed E-state index contributed by atoms with van der Waals surface area (Å²) >= 11 is 4.07. The van der Waals surface area contributed by atoms with Gasteiger partial charge in [0.2, 0.25) is 0 Å². The van der Waals surface area contributed by atoms with Gasteiger partial charge in [-0.3, -0.25) is 0 Å². The zero-order valence-corrected chi connectivity index (χ0v) is 11.5. The summed E-state index contributed by atoms with van der Waals surface area (Å²) in [6, 6.07) is 17.5. The van der Waals surface area contributed by atoms with Gasteiger partial charge >= 0.3 is 5.97 Å². The van der Waals surface area contributed by atoms with E-state index < -0.39 is 0 Å². The molecule has 0 aromatic heterocycles. The number of carbonyl (C=O) groups is 1. The van der Waals surface area contributed by atoms with Crippen molar-refractivity contribution in [3.63, 3.8) is 0 Å². The Bertz CT molecular complexity index is 520. The maximum Gasteiger partial charge on any atom is 0.338 e. The van der Waals surface area contributed by atoms with E-state index in [4.69, 9.17) is 4.74 Å². The molecule has 0 bridgehead atoms. The van der Waals surface area contributed by atoms with Crippen molar-refractivity contribution in [2.45, 2.75) is 6.42 Å². The van der Waals surface area contributed by atoms with Crippen LogP contribution in [0.1, 0.15) is 16.8 Å². The van der Waals surface area contributed by atoms with Gasteiger partial charge in [-0.25, -0.2) is 4.79 Å². The maximum atomic E-state index is 11.7. The van der Waals surface area contributed by atoms with Crippen LogP contribution < -0.4 is 0 Å². The van der Waals surface area contributed by atoms with Crippen molar-refractivity contribution in [2.24, 2.45) is 0 Å². The smallest absolute Gasteiger partial charge is 0.338 e. The Kier molecular flexibility index (Phi) is 5.04. The molecular formula is C16H16O2S. The van der Waals surface area contributed by atoms with E-state index >= 15 is 0 Å². The summed E-state index contributed by atoms with van der Waals surface area (Å²) < 4.78 is 5.13. The number of thiol groups is 1. The standard InChI is InChI=1S/C16H16O2S/c17-16(18-11-4-12-19)15-9-7-14(8-10-15)13-5-2-1-3-6-13/h1-3,5-10,19H,4,11-12H2. The van der Waals surface area contributed by atoms with Crippen LogP contribution in [0.3, 0.4) is 0 Å². The molecule has 0 unspecified atom stereocenters. The Morgan fingerprint density at radius 2 is 1.58 bits per heavy atom. The number of ether oxygens (including phenoxy) is 1. The Morgan fingerprint density at radius 1 is 0.947 bits per heavy atom. The van der Waals surface area contributed by atoms with Crippen molar-refractivity contribution < 1.29 is 9.53 Å². The van der Waals surface area contributed by atoms with E-state index in [2.05, 4.69) is 12.6 Å². The first-order valence-corrected chi connectivity index (χ1v) is 6.88. The fourth-order valence-corrected chi connectivity index (χ4v) is 1.87. The summed E-state index contributed by atoms with van der Waals surface area (Å²) in [7, 11) is 0. The molecule has 2 aromatic rings. The molecule has 0 atom stereocenters. The minimum atomic E-state index is -0.276. The van der Waals surface area contributed by atoms with E-state index in [-0.39, 0.29) is 5.97 Å². The van der Waals surface area contributed by atoms with Crippen LogP contribution in [0, 0.1) is 0 Å². The number of carbonyl (C=O) groups excluding carboxylic acids is 1. The second kappa shape index (κ2) is 7.00. The molecule has 3 heteroatoms. The van der Waals surface area contributed by atoms with Crippen molar-refractivity contribution in [3.05, 3.63) is 60.2 Å². The first kappa shape index (κ1) is 13.7. The first-order chi connectivity index (χ1) is 9.31. The molecule has 2 aromatic carbocycles. The highest BCUT2D eigenvalue weighted by atomic mass is 32.1. The number of hydrogen-bond donors (Lipinski definition) is 1. The average Bonchev–Trinajstić information content (AvgIpc) is 2.48. The Labute approximate surface area is 118 Å². The van der Waals surface area contributed by atoms with Crippen LogP contribution in [0.15, 0.2) is 54.6 Å². The Balaban J connectivity index is 2.04. The van der Waals surface area contributed by atoms with Gasteiger partial charge in [-0.15, -0.1) is 0 Å². The predicted molar refractivity (Wildman–Crippen MR) is 80.6 cm³/mol. The van der Waals surface area contributed by atoms with E-state index in [0.29, 0.717) is 12.2 Å². The lowest BCUT2D eigenvalue weighted by Gasteiger charge is -2.05. The van der Waals surface area contributed by atoms with Crippen molar-refractivity contribution >= 4 is 18.6 Å². The topological polar surface area (TPSA) is 26.3 Å². The number of esters is 1. The summed E-state index contributed by atoms with van der Waals surface area (Å²) in [5.41, 5.74) is 2.81. The van der Waals surface area contributed by atoms with Gasteiger partial charge in [-0.2, -0.15) is 12.6 Å². The summed E-state index contributed by atoms with van der Waals surface area (Å²) in [6.45, 7) is 0.419. The van der Waals surface area contributed by atoms with Crippen LogP contribution in [0.25, 0.3) is 11.1 Å². The molecule has 0 saturated heterocycles. The summed E-state index contributed by atoms with van der Waals surface area (Å²) in [6.07, 6.45) is 0.775. The van der Waals surface area contributed by atoms with Gasteiger partial charge in [0.25, 0.3) is 0 Å². The van der Waals surface area contributed by atoms with Crippen LogP contribution in [-0.2, 0) is 4.74 Å². The molecule has 0 saturated carbocycles. The second-order valence-corrected chi connectivity index (χ2v) is 4.60. The number of benzene rings is 2. The van der Waals surface area contributed by atoms with Crippen molar-refractivity contribution in [1.82, 2.24) is 0 Å². The molecule has 0 radical (unpaired) electrons. The molecule has 19 heavy (non-hydrogen) atoms. The van der Waals surface area contributed by atoms with Crippen LogP contribution in [0.5, 0.6) is 0 Å². The first-order valence-electron chi connectivity index (χ1n) is 6.25. The van der Waals surface area contributed by atoms with Gasteiger partial charge in [-0.05, 0) is 35.4 Å². The molecule has 98 valence electrons. The van der Waals surface area contributed by atoms with Crippen molar-refractivity contribution in [1.29, 1.82) is 0 Å². The third kappa shape index (κ3) is 3.86. The quantitative estimate of drug-likeness (QED) is 0.508. The van der Waals surface area contributed by atoms with E-state index in [9.17, 15) is 4.79 Å². The fourth-order valence-electron chi connectivity index (χ4n) is 1.74. The van der Waals surface area contributed by atoms with Crippen LogP contribution >= 0.6 is 12.6 Å². The summed E-state index contributed by atoms with van der Waals surface area (Å²) in [5, 5.41) is 0. The van der Waals surface area contributed by atoms with Gasteiger partial charge < -0.3 is 4.74 Å². The third-order valence-electron chi connectivity index (χ3n) is 2.76. The molecule has 0 fully saturated rings. The maximum absolute atomic E-state index is 11.7. The minimum Gasteiger partial charge on any atom is -0.462 e. The van der Waals surface area contributed by atoms with Gasteiger partial charge in [0.05, 0.1) is 12.2 Å². The molecule has 0 aliphatic heterocycles. The molecule has 0 aliphatic rings. The summed E-state index contributed by atoms with van der Waals surface area (Å²) in [5.74, 6) is 0.446. The molecule has 0 spiro atoms. The van der Waals surface area contributed by atoms with Gasteiger partial charge in [0.1, 0.15) is 0 Å². The third-order valence-corrected chi connectivity index (χ3v) is 3.08. The van der Waals surface area contributed by atoms with Gasteiger partial charge in [-0.1, -0.05) is 42.5 Å². The van der Waals surface area contributed by atoms with E-state index in [0.717, 1.165) is 23.3 Å². The number of hydrogen-bond acceptors (Lipinski definition) is 3. The van der Waals surface area contributed by atoms with Crippen molar-refractivity contribution in [3.8, 4) is 11.1 Å². The van der Waals surface area contributed by atoms with Crippen LogP contribution in [0.2, 0.25) is 0 Å². The Morgan fingerprint density at radius 3 is 2.21 bits per heavy atom. The lowest BCUT2D eigenvalue weighted by atomic mass is 10.0. The molecule has 0 N–H and O–H groups in total. The molecule has 2 nitrogen and oxygen atoms in total. The Hall–Kier alpha value is -1.74. The van der Waals surface area contributed by atoms with Crippen molar-refractivity contribution in [2.75, 3.05) is 12.4 Å². The fraction of sp³-hybridized carbons (Fsp3) is 0.188. The summed E-state index contributed by atoms with van der Waals surface area (Å²) in [4.78, 5) is 11.7. The molecule has 0 heterocycles. The average molecular weight is 272 g/mol. The zero-order valence-electron chi connectivity index (χ0n) is 10.6. The zero-order chi connectivity index (χ0) is 13.5. The highest BCUT2D eigenvalue weighted by Crippen LogP contribution is 2.19. The highest BCUT2D eigenvalue weighted by Gasteiger charge is 2.06. The van der Waals surface area contributed by atoms with Crippen LogP contribution in [0.4, 0.5) is 0 Å². The van der Waals surface area contributed by atoms with E-state index in [1.807, 2.05) is 42.5 Å². The lowest BCUT2D eigenvalue weighted by Crippen LogP contribution is -2.06.